The highest BCUT2D eigenvalue weighted by Crippen LogP contribution is 2.48. The smallest absolute Gasteiger partial charge is 0.266 e. The van der Waals surface area contributed by atoms with Gasteiger partial charge in [0, 0.05) is 12.7 Å². The van der Waals surface area contributed by atoms with E-state index in [9.17, 15) is 13.2 Å². The van der Waals surface area contributed by atoms with E-state index >= 15 is 0 Å². The van der Waals surface area contributed by atoms with Crippen LogP contribution in [0.15, 0.2) is 22.0 Å². The van der Waals surface area contributed by atoms with Crippen molar-refractivity contribution in [2.75, 3.05) is 6.54 Å². The lowest BCUT2D eigenvalue weighted by molar-refractivity contribution is 0.475. The molecule has 0 bridgehead atoms. The molecule has 0 saturated heterocycles. The lowest BCUT2D eigenvalue weighted by atomic mass is 10.1. The Bertz CT molecular complexity index is 605. The molecule has 1 saturated carbocycles. The first-order chi connectivity index (χ1) is 8.38. The van der Waals surface area contributed by atoms with E-state index in [4.69, 9.17) is 11.6 Å². The fraction of sp³-hybridized carbons (Fsp3) is 0.545. The third-order valence-corrected chi connectivity index (χ3v) is 5.15. The summed E-state index contributed by atoms with van der Waals surface area (Å²) in [4.78, 5) is 13.3. The Morgan fingerprint density at radius 2 is 2.17 bits per heavy atom. The van der Waals surface area contributed by atoms with Gasteiger partial charge in [0.2, 0.25) is 10.0 Å². The van der Waals surface area contributed by atoms with Gasteiger partial charge in [-0.15, -0.1) is 0 Å². The molecule has 1 aromatic heterocycles. The Balaban J connectivity index is 2.15. The molecule has 2 rings (SSSR count). The zero-order chi connectivity index (χ0) is 13.4. The van der Waals surface area contributed by atoms with Crippen LogP contribution in [0, 0.1) is 5.41 Å². The molecule has 18 heavy (non-hydrogen) atoms. The van der Waals surface area contributed by atoms with E-state index in [0.717, 1.165) is 31.5 Å². The van der Waals surface area contributed by atoms with Gasteiger partial charge in [-0.1, -0.05) is 18.5 Å². The van der Waals surface area contributed by atoms with Crippen molar-refractivity contribution in [2.45, 2.75) is 31.1 Å². The molecule has 0 unspecified atom stereocenters. The average Bonchev–Trinajstić information content (AvgIpc) is 3.11. The zero-order valence-corrected chi connectivity index (χ0v) is 11.6. The minimum atomic E-state index is -3.61. The van der Waals surface area contributed by atoms with Crippen molar-refractivity contribution in [1.82, 2.24) is 9.71 Å². The minimum absolute atomic E-state index is 0.0148. The normalized spacial score (nSPS) is 17.7. The number of hydrogen-bond donors (Lipinski definition) is 2. The van der Waals surface area contributed by atoms with Crippen molar-refractivity contribution in [1.29, 1.82) is 0 Å². The number of pyridine rings is 1. The first-order valence-corrected chi connectivity index (χ1v) is 7.63. The Labute approximate surface area is 111 Å². The quantitative estimate of drug-likeness (QED) is 0.862. The zero-order valence-electron chi connectivity index (χ0n) is 9.99. The van der Waals surface area contributed by atoms with Crippen LogP contribution < -0.4 is 10.3 Å². The maximum atomic E-state index is 12.0. The van der Waals surface area contributed by atoms with Crippen LogP contribution in [0.1, 0.15) is 26.2 Å². The second-order valence-corrected chi connectivity index (χ2v) is 6.86. The molecular formula is C11H15ClN2O3S. The van der Waals surface area contributed by atoms with E-state index in [2.05, 4.69) is 16.6 Å². The van der Waals surface area contributed by atoms with Gasteiger partial charge in [0.15, 0.2) is 0 Å². The van der Waals surface area contributed by atoms with E-state index in [1.807, 2.05) is 0 Å². The van der Waals surface area contributed by atoms with Crippen LogP contribution in [0.4, 0.5) is 0 Å². The number of hydrogen-bond acceptors (Lipinski definition) is 3. The topological polar surface area (TPSA) is 79.0 Å². The van der Waals surface area contributed by atoms with E-state index in [1.54, 1.807) is 0 Å². The van der Waals surface area contributed by atoms with Crippen LogP contribution in [0.2, 0.25) is 5.02 Å². The molecule has 0 aliphatic heterocycles. The van der Waals surface area contributed by atoms with Crippen LogP contribution >= 0.6 is 11.6 Å². The van der Waals surface area contributed by atoms with Crippen LogP contribution in [0.5, 0.6) is 0 Å². The van der Waals surface area contributed by atoms with Crippen molar-refractivity contribution in [3.63, 3.8) is 0 Å². The van der Waals surface area contributed by atoms with E-state index in [0.29, 0.717) is 6.54 Å². The van der Waals surface area contributed by atoms with Gasteiger partial charge in [-0.25, -0.2) is 13.1 Å². The summed E-state index contributed by atoms with van der Waals surface area (Å²) in [5, 5.41) is -0.130. The van der Waals surface area contributed by atoms with E-state index in [1.165, 1.54) is 0 Å². The van der Waals surface area contributed by atoms with Gasteiger partial charge in [0.05, 0.1) is 4.90 Å². The van der Waals surface area contributed by atoms with Crippen LogP contribution in [-0.2, 0) is 10.0 Å². The molecule has 0 radical (unpaired) electrons. The Hall–Kier alpha value is -0.850. The van der Waals surface area contributed by atoms with E-state index in [-0.39, 0.29) is 15.3 Å². The van der Waals surface area contributed by atoms with Crippen molar-refractivity contribution in [2.24, 2.45) is 5.41 Å². The summed E-state index contributed by atoms with van der Waals surface area (Å²) in [6.45, 7) is 2.49. The van der Waals surface area contributed by atoms with Gasteiger partial charge < -0.3 is 4.98 Å². The molecule has 0 aromatic carbocycles. The number of halogens is 1. The van der Waals surface area contributed by atoms with Gasteiger partial charge in [-0.3, -0.25) is 4.79 Å². The molecule has 0 amide bonds. The molecule has 100 valence electrons. The predicted molar refractivity (Wildman–Crippen MR) is 69.2 cm³/mol. The maximum Gasteiger partial charge on any atom is 0.266 e. The molecular weight excluding hydrogens is 276 g/mol. The number of nitrogens with one attached hydrogen (secondary N) is 2. The van der Waals surface area contributed by atoms with Gasteiger partial charge in [-0.2, -0.15) is 0 Å². The molecule has 5 nitrogen and oxygen atoms in total. The van der Waals surface area contributed by atoms with Gasteiger partial charge in [0.25, 0.3) is 5.56 Å². The standard InChI is InChI=1S/C11H15ClN2O3S/c1-2-11(3-4-11)7-14-18(16,17)8-5-9(12)10(15)13-6-8/h5-6,14H,2-4,7H2,1H3,(H,13,15). The van der Waals surface area contributed by atoms with Crippen LogP contribution in [0.3, 0.4) is 0 Å². The fourth-order valence-corrected chi connectivity index (χ4v) is 3.14. The Morgan fingerprint density at radius 3 is 2.67 bits per heavy atom. The van der Waals surface area contributed by atoms with Crippen LogP contribution in [0.25, 0.3) is 0 Å². The van der Waals surface area contributed by atoms with Gasteiger partial charge in [-0.05, 0) is 30.7 Å². The summed E-state index contributed by atoms with van der Waals surface area (Å²) < 4.78 is 26.6. The number of aromatic nitrogens is 1. The Kier molecular flexibility index (Phi) is 3.53. The molecule has 7 heteroatoms. The molecule has 1 aromatic rings. The second-order valence-electron chi connectivity index (χ2n) is 4.69. The third-order valence-electron chi connectivity index (χ3n) is 3.49. The monoisotopic (exact) mass is 290 g/mol. The summed E-state index contributed by atoms with van der Waals surface area (Å²) in [5.74, 6) is 0. The lowest BCUT2D eigenvalue weighted by Crippen LogP contribution is -2.30. The SMILES string of the molecule is CCC1(CNS(=O)(=O)c2c[nH]c(=O)c(Cl)c2)CC1. The lowest BCUT2D eigenvalue weighted by Gasteiger charge is -2.13. The summed E-state index contributed by atoms with van der Waals surface area (Å²) in [6.07, 6.45) is 4.22. The molecule has 1 heterocycles. The molecule has 0 spiro atoms. The molecule has 0 atom stereocenters. The van der Waals surface area contributed by atoms with Crippen LogP contribution in [-0.4, -0.2) is 19.9 Å². The highest BCUT2D eigenvalue weighted by Gasteiger charge is 2.41. The summed E-state index contributed by atoms with van der Waals surface area (Å²) >= 11 is 5.61. The maximum absolute atomic E-state index is 12.0. The average molecular weight is 291 g/mol. The fourth-order valence-electron chi connectivity index (χ4n) is 1.76. The second kappa shape index (κ2) is 4.68. The van der Waals surface area contributed by atoms with Crippen molar-refractivity contribution >= 4 is 21.6 Å². The van der Waals surface area contributed by atoms with Gasteiger partial charge >= 0.3 is 0 Å². The molecule has 1 aliphatic rings. The highest BCUT2D eigenvalue weighted by atomic mass is 35.5. The third kappa shape index (κ3) is 2.76. The number of sulfonamides is 1. The first-order valence-electron chi connectivity index (χ1n) is 5.76. The summed E-state index contributed by atoms with van der Waals surface area (Å²) in [7, 11) is -3.61. The number of rotatable bonds is 5. The predicted octanol–water partition coefficient (Wildman–Crippen LogP) is 1.50. The molecule has 1 aliphatic carbocycles. The number of aromatic amines is 1. The van der Waals surface area contributed by atoms with Crippen molar-refractivity contribution in [3.05, 3.63) is 27.6 Å². The van der Waals surface area contributed by atoms with Crippen molar-refractivity contribution < 1.29 is 8.42 Å². The van der Waals surface area contributed by atoms with Crippen molar-refractivity contribution in [3.8, 4) is 0 Å². The first kappa shape index (κ1) is 13.6. The molecule has 2 N–H and O–H groups in total. The largest absolute Gasteiger partial charge is 0.326 e. The van der Waals surface area contributed by atoms with Gasteiger partial charge in [0.1, 0.15) is 5.02 Å². The minimum Gasteiger partial charge on any atom is -0.326 e. The highest BCUT2D eigenvalue weighted by molar-refractivity contribution is 7.89. The Morgan fingerprint density at radius 1 is 1.50 bits per heavy atom. The number of H-pyrrole nitrogens is 1. The van der Waals surface area contributed by atoms with E-state index < -0.39 is 15.6 Å². The molecule has 1 fully saturated rings. The summed E-state index contributed by atoms with van der Waals surface area (Å²) in [6, 6.07) is 1.16. The summed E-state index contributed by atoms with van der Waals surface area (Å²) in [5.41, 5.74) is -0.373.